The summed E-state index contributed by atoms with van der Waals surface area (Å²) in [4.78, 5) is 37.8. The van der Waals surface area contributed by atoms with Gasteiger partial charge < -0.3 is 9.30 Å². The van der Waals surface area contributed by atoms with Crippen LogP contribution in [0, 0.1) is 13.8 Å². The van der Waals surface area contributed by atoms with Crippen LogP contribution in [0.4, 0.5) is 4.79 Å². The number of carbonyl (C=O) groups is 3. The van der Waals surface area contributed by atoms with Crippen molar-refractivity contribution in [1.29, 1.82) is 0 Å². The fourth-order valence-electron chi connectivity index (χ4n) is 3.21. The van der Waals surface area contributed by atoms with Crippen molar-refractivity contribution in [2.24, 2.45) is 0 Å². The summed E-state index contributed by atoms with van der Waals surface area (Å²) in [5.41, 5.74) is 4.23. The summed E-state index contributed by atoms with van der Waals surface area (Å²) >= 11 is 0.968. The standard InChI is InChI=1S/C21H22N2O4S/c1-5-22-19(24)18(28-21(22)26)12-16-11-13(3)23(14(16)4)17-9-7-15(8-10-17)20(25)27-6-2/h7-12H,5-6H2,1-4H3/b18-12+. The minimum absolute atomic E-state index is 0.234. The zero-order valence-electron chi connectivity index (χ0n) is 16.3. The Morgan fingerprint density at radius 1 is 1.14 bits per heavy atom. The number of esters is 1. The van der Waals surface area contributed by atoms with Crippen molar-refractivity contribution in [3.05, 3.63) is 57.8 Å². The maximum atomic E-state index is 12.3. The van der Waals surface area contributed by atoms with Crippen LogP contribution in [-0.2, 0) is 9.53 Å². The van der Waals surface area contributed by atoms with E-state index in [0.29, 0.717) is 23.6 Å². The first-order valence-corrected chi connectivity index (χ1v) is 9.90. The number of aryl methyl sites for hydroxylation is 1. The second kappa shape index (κ2) is 8.06. The molecule has 0 N–H and O–H groups in total. The lowest BCUT2D eigenvalue weighted by Gasteiger charge is -2.10. The smallest absolute Gasteiger partial charge is 0.338 e. The number of hydrogen-bond acceptors (Lipinski definition) is 5. The molecule has 1 aromatic heterocycles. The summed E-state index contributed by atoms with van der Waals surface area (Å²) in [7, 11) is 0. The number of amides is 2. The summed E-state index contributed by atoms with van der Waals surface area (Å²) in [5.74, 6) is -0.594. The Hall–Kier alpha value is -2.80. The lowest BCUT2D eigenvalue weighted by Crippen LogP contribution is -2.27. The fraction of sp³-hybridized carbons (Fsp3) is 0.286. The predicted octanol–water partition coefficient (Wildman–Crippen LogP) is 4.33. The molecule has 1 aliphatic rings. The predicted molar refractivity (Wildman–Crippen MR) is 110 cm³/mol. The van der Waals surface area contributed by atoms with Crippen molar-refractivity contribution in [2.45, 2.75) is 27.7 Å². The van der Waals surface area contributed by atoms with Gasteiger partial charge in [-0.3, -0.25) is 14.5 Å². The lowest BCUT2D eigenvalue weighted by molar-refractivity contribution is -0.122. The highest BCUT2D eigenvalue weighted by molar-refractivity contribution is 8.18. The topological polar surface area (TPSA) is 68.6 Å². The molecule has 1 fully saturated rings. The van der Waals surface area contributed by atoms with E-state index in [-0.39, 0.29) is 17.1 Å². The molecule has 7 heteroatoms. The molecule has 1 saturated heterocycles. The second-order valence-corrected chi connectivity index (χ2v) is 7.35. The van der Waals surface area contributed by atoms with Gasteiger partial charge in [0, 0.05) is 23.6 Å². The highest BCUT2D eigenvalue weighted by Gasteiger charge is 2.33. The van der Waals surface area contributed by atoms with Crippen molar-refractivity contribution in [3.63, 3.8) is 0 Å². The summed E-state index contributed by atoms with van der Waals surface area (Å²) in [6.07, 6.45) is 1.77. The Kier molecular flexibility index (Phi) is 5.74. The molecule has 2 amide bonds. The van der Waals surface area contributed by atoms with E-state index >= 15 is 0 Å². The number of thioether (sulfide) groups is 1. The molecule has 2 heterocycles. The summed E-state index contributed by atoms with van der Waals surface area (Å²) in [6, 6.07) is 9.17. The number of imide groups is 1. The molecule has 0 aliphatic carbocycles. The first kappa shape index (κ1) is 19.9. The van der Waals surface area contributed by atoms with Crippen LogP contribution >= 0.6 is 11.8 Å². The molecular formula is C21H22N2O4S. The molecule has 0 atom stereocenters. The number of nitrogens with zero attached hydrogens (tertiary/aromatic N) is 2. The van der Waals surface area contributed by atoms with Crippen molar-refractivity contribution >= 4 is 35.0 Å². The largest absolute Gasteiger partial charge is 0.462 e. The zero-order chi connectivity index (χ0) is 20.4. The van der Waals surface area contributed by atoms with Gasteiger partial charge >= 0.3 is 5.97 Å². The minimum Gasteiger partial charge on any atom is -0.462 e. The molecule has 1 aromatic carbocycles. The molecule has 28 heavy (non-hydrogen) atoms. The van der Waals surface area contributed by atoms with Crippen LogP contribution in [0.25, 0.3) is 11.8 Å². The number of benzene rings is 1. The van der Waals surface area contributed by atoms with Gasteiger partial charge in [-0.2, -0.15) is 0 Å². The van der Waals surface area contributed by atoms with Gasteiger partial charge in [0.1, 0.15) is 0 Å². The molecule has 2 aromatic rings. The van der Waals surface area contributed by atoms with E-state index in [0.717, 1.165) is 34.4 Å². The summed E-state index contributed by atoms with van der Waals surface area (Å²) in [6.45, 7) is 8.20. The molecule has 0 saturated carbocycles. The SMILES string of the molecule is CCOC(=O)c1ccc(-n2c(C)cc(/C=C3/SC(=O)N(CC)C3=O)c2C)cc1. The normalized spacial score (nSPS) is 15.6. The second-order valence-electron chi connectivity index (χ2n) is 6.36. The summed E-state index contributed by atoms with van der Waals surface area (Å²) in [5, 5.41) is -0.234. The summed E-state index contributed by atoms with van der Waals surface area (Å²) < 4.78 is 7.06. The average Bonchev–Trinajstić information content (AvgIpc) is 3.10. The Morgan fingerprint density at radius 2 is 1.82 bits per heavy atom. The van der Waals surface area contributed by atoms with E-state index in [1.165, 1.54) is 4.90 Å². The zero-order valence-corrected chi connectivity index (χ0v) is 17.1. The molecule has 3 rings (SSSR count). The molecule has 6 nitrogen and oxygen atoms in total. The number of aromatic nitrogens is 1. The van der Waals surface area contributed by atoms with Crippen LogP contribution in [0.15, 0.2) is 35.2 Å². The van der Waals surface area contributed by atoms with E-state index in [1.807, 2.05) is 36.6 Å². The number of carbonyl (C=O) groups excluding carboxylic acids is 3. The average molecular weight is 398 g/mol. The van der Waals surface area contributed by atoms with Gasteiger partial charge in [-0.1, -0.05) is 0 Å². The Morgan fingerprint density at radius 3 is 2.39 bits per heavy atom. The minimum atomic E-state index is -0.345. The van der Waals surface area contributed by atoms with Crippen molar-refractivity contribution in [2.75, 3.05) is 13.2 Å². The molecular weight excluding hydrogens is 376 g/mol. The van der Waals surface area contributed by atoms with E-state index in [4.69, 9.17) is 4.74 Å². The molecule has 0 bridgehead atoms. The fourth-order valence-corrected chi connectivity index (χ4v) is 4.10. The van der Waals surface area contributed by atoms with E-state index in [9.17, 15) is 14.4 Å². The van der Waals surface area contributed by atoms with Gasteiger partial charge in [-0.05, 0) is 81.4 Å². The third-order valence-corrected chi connectivity index (χ3v) is 5.49. The van der Waals surface area contributed by atoms with Gasteiger partial charge in [0.15, 0.2) is 0 Å². The molecule has 0 spiro atoms. The van der Waals surface area contributed by atoms with E-state index < -0.39 is 0 Å². The first-order valence-electron chi connectivity index (χ1n) is 9.09. The van der Waals surface area contributed by atoms with Crippen LogP contribution in [0.2, 0.25) is 0 Å². The number of hydrogen-bond donors (Lipinski definition) is 0. The van der Waals surface area contributed by atoms with Crippen LogP contribution in [0.5, 0.6) is 0 Å². The number of ether oxygens (including phenoxy) is 1. The van der Waals surface area contributed by atoms with Gasteiger partial charge in [-0.15, -0.1) is 0 Å². The van der Waals surface area contributed by atoms with Gasteiger partial charge in [0.05, 0.1) is 17.1 Å². The van der Waals surface area contributed by atoms with Crippen LogP contribution in [0.1, 0.15) is 41.2 Å². The monoisotopic (exact) mass is 398 g/mol. The Labute approximate surface area is 168 Å². The molecule has 1 aliphatic heterocycles. The highest BCUT2D eigenvalue weighted by atomic mass is 32.2. The van der Waals surface area contributed by atoms with Gasteiger partial charge in [0.25, 0.3) is 11.1 Å². The third kappa shape index (κ3) is 3.62. The van der Waals surface area contributed by atoms with Gasteiger partial charge in [-0.25, -0.2) is 4.79 Å². The van der Waals surface area contributed by atoms with E-state index in [1.54, 1.807) is 32.1 Å². The van der Waals surface area contributed by atoms with Crippen molar-refractivity contribution < 1.29 is 19.1 Å². The highest BCUT2D eigenvalue weighted by Crippen LogP contribution is 2.33. The maximum absolute atomic E-state index is 12.3. The molecule has 146 valence electrons. The van der Waals surface area contributed by atoms with Crippen LogP contribution < -0.4 is 0 Å². The lowest BCUT2D eigenvalue weighted by atomic mass is 10.2. The maximum Gasteiger partial charge on any atom is 0.338 e. The molecule has 0 radical (unpaired) electrons. The van der Waals surface area contributed by atoms with Crippen LogP contribution in [-0.4, -0.2) is 39.7 Å². The Balaban J connectivity index is 1.93. The van der Waals surface area contributed by atoms with E-state index in [2.05, 4.69) is 0 Å². The van der Waals surface area contributed by atoms with Crippen molar-refractivity contribution in [3.8, 4) is 5.69 Å². The quantitative estimate of drug-likeness (QED) is 0.554. The van der Waals surface area contributed by atoms with Gasteiger partial charge in [0.2, 0.25) is 0 Å². The van der Waals surface area contributed by atoms with Crippen molar-refractivity contribution in [1.82, 2.24) is 9.47 Å². The molecule has 0 unspecified atom stereocenters. The number of rotatable bonds is 5. The van der Waals surface area contributed by atoms with Crippen LogP contribution in [0.3, 0.4) is 0 Å². The number of likely N-dealkylation sites (N-methyl/N-ethyl adjacent to an activating group) is 1. The first-order chi connectivity index (χ1) is 13.4. The Bertz CT molecular complexity index is 973. The third-order valence-electron chi connectivity index (χ3n) is 4.58.